The van der Waals surface area contributed by atoms with Gasteiger partial charge < -0.3 is 9.88 Å². The third-order valence-corrected chi connectivity index (χ3v) is 4.06. The summed E-state index contributed by atoms with van der Waals surface area (Å²) in [7, 11) is 1.85. The van der Waals surface area contributed by atoms with Crippen LogP contribution in [0.1, 0.15) is 36.5 Å². The molecule has 0 amide bonds. The maximum atomic E-state index is 12.5. The highest BCUT2D eigenvalue weighted by Crippen LogP contribution is 2.23. The van der Waals surface area contributed by atoms with Gasteiger partial charge >= 0.3 is 0 Å². The van der Waals surface area contributed by atoms with E-state index in [1.165, 1.54) is 11.1 Å². The van der Waals surface area contributed by atoms with E-state index in [-0.39, 0.29) is 5.56 Å². The van der Waals surface area contributed by atoms with Gasteiger partial charge in [0.25, 0.3) is 5.56 Å². The lowest BCUT2D eigenvalue weighted by atomic mass is 10.0. The quantitative estimate of drug-likeness (QED) is 0.827. The van der Waals surface area contributed by atoms with E-state index in [4.69, 9.17) is 0 Å². The molecule has 22 heavy (non-hydrogen) atoms. The van der Waals surface area contributed by atoms with Crippen LogP contribution in [0.4, 0.5) is 0 Å². The van der Waals surface area contributed by atoms with Gasteiger partial charge in [-0.15, -0.1) is 0 Å². The van der Waals surface area contributed by atoms with Crippen LogP contribution in [0.15, 0.2) is 35.1 Å². The van der Waals surface area contributed by atoms with Crippen LogP contribution in [0.3, 0.4) is 0 Å². The van der Waals surface area contributed by atoms with Crippen molar-refractivity contribution < 1.29 is 0 Å². The molecule has 0 aliphatic carbocycles. The summed E-state index contributed by atoms with van der Waals surface area (Å²) in [4.78, 5) is 12.5. The van der Waals surface area contributed by atoms with Gasteiger partial charge in [0.15, 0.2) is 0 Å². The smallest absolute Gasteiger partial charge is 0.255 e. The molecule has 0 radical (unpaired) electrons. The SMILES string of the molecule is CCCCNCc1ccc(-c2ccc(C)cc2C)n(C)c1=O. The van der Waals surface area contributed by atoms with Gasteiger partial charge in [-0.2, -0.15) is 0 Å². The predicted octanol–water partition coefficient (Wildman–Crippen LogP) is 3.56. The second kappa shape index (κ2) is 7.41. The number of unbranched alkanes of at least 4 members (excludes halogenated alkanes) is 1. The van der Waals surface area contributed by atoms with E-state index in [9.17, 15) is 4.79 Å². The number of rotatable bonds is 6. The van der Waals surface area contributed by atoms with Gasteiger partial charge in [0.2, 0.25) is 0 Å². The van der Waals surface area contributed by atoms with Crippen molar-refractivity contribution in [1.82, 2.24) is 9.88 Å². The average Bonchev–Trinajstić information content (AvgIpc) is 2.49. The fraction of sp³-hybridized carbons (Fsp3) is 0.421. The van der Waals surface area contributed by atoms with E-state index < -0.39 is 0 Å². The van der Waals surface area contributed by atoms with Crippen molar-refractivity contribution in [2.24, 2.45) is 7.05 Å². The fourth-order valence-electron chi connectivity index (χ4n) is 2.72. The van der Waals surface area contributed by atoms with Crippen LogP contribution >= 0.6 is 0 Å². The first kappa shape index (κ1) is 16.5. The van der Waals surface area contributed by atoms with Gasteiger partial charge in [0.05, 0.1) is 5.69 Å². The number of nitrogens with one attached hydrogen (secondary N) is 1. The molecule has 0 atom stereocenters. The van der Waals surface area contributed by atoms with Gasteiger partial charge in [0, 0.05) is 24.7 Å². The van der Waals surface area contributed by atoms with Gasteiger partial charge in [0.1, 0.15) is 0 Å². The molecule has 0 aliphatic rings. The molecular weight excluding hydrogens is 272 g/mol. The first-order valence-corrected chi connectivity index (χ1v) is 8.02. The summed E-state index contributed by atoms with van der Waals surface area (Å²) in [6, 6.07) is 10.3. The lowest BCUT2D eigenvalue weighted by Gasteiger charge is -2.13. The number of hydrogen-bond donors (Lipinski definition) is 1. The molecule has 0 unspecified atom stereocenters. The summed E-state index contributed by atoms with van der Waals surface area (Å²) < 4.78 is 1.76. The highest BCUT2D eigenvalue weighted by molar-refractivity contribution is 5.64. The van der Waals surface area contributed by atoms with Crippen molar-refractivity contribution in [2.45, 2.75) is 40.2 Å². The number of pyridine rings is 1. The molecule has 0 fully saturated rings. The molecule has 3 nitrogen and oxygen atoms in total. The lowest BCUT2D eigenvalue weighted by molar-refractivity contribution is 0.634. The number of hydrogen-bond acceptors (Lipinski definition) is 2. The molecule has 0 saturated carbocycles. The van der Waals surface area contributed by atoms with E-state index in [0.29, 0.717) is 6.54 Å². The molecule has 2 rings (SSSR count). The Morgan fingerprint density at radius 2 is 1.91 bits per heavy atom. The molecule has 0 bridgehead atoms. The van der Waals surface area contributed by atoms with Gasteiger partial charge in [-0.3, -0.25) is 4.79 Å². The maximum Gasteiger partial charge on any atom is 0.255 e. The Labute approximate surface area is 133 Å². The molecule has 0 aliphatic heterocycles. The highest BCUT2D eigenvalue weighted by Gasteiger charge is 2.09. The van der Waals surface area contributed by atoms with Gasteiger partial charge in [-0.05, 0) is 38.4 Å². The topological polar surface area (TPSA) is 34.0 Å². The fourth-order valence-corrected chi connectivity index (χ4v) is 2.72. The second-order valence-electron chi connectivity index (χ2n) is 5.96. The Balaban J connectivity index is 2.28. The zero-order valence-corrected chi connectivity index (χ0v) is 14.1. The van der Waals surface area contributed by atoms with Crippen LogP contribution in [0.5, 0.6) is 0 Å². The van der Waals surface area contributed by atoms with Crippen LogP contribution in [0.2, 0.25) is 0 Å². The zero-order chi connectivity index (χ0) is 16.1. The van der Waals surface area contributed by atoms with E-state index in [2.05, 4.69) is 50.4 Å². The summed E-state index contributed by atoms with van der Waals surface area (Å²) in [5, 5.41) is 3.34. The predicted molar refractivity (Wildman–Crippen MR) is 93.2 cm³/mol. The Kier molecular flexibility index (Phi) is 5.56. The van der Waals surface area contributed by atoms with Crippen molar-refractivity contribution >= 4 is 0 Å². The standard InChI is InChI=1S/C19H26N2O/c1-5-6-11-20-13-16-8-10-18(21(4)19(16)22)17-9-7-14(2)12-15(17)3/h7-10,12,20H,5-6,11,13H2,1-4H3. The van der Waals surface area contributed by atoms with Crippen LogP contribution in [0.25, 0.3) is 11.3 Å². The molecule has 1 aromatic carbocycles. The van der Waals surface area contributed by atoms with Crippen LogP contribution in [-0.4, -0.2) is 11.1 Å². The molecule has 2 aromatic rings. The first-order valence-electron chi connectivity index (χ1n) is 8.02. The van der Waals surface area contributed by atoms with E-state index in [1.807, 2.05) is 13.1 Å². The van der Waals surface area contributed by atoms with Crippen LogP contribution in [0, 0.1) is 13.8 Å². The number of benzene rings is 1. The number of aryl methyl sites for hydroxylation is 2. The molecule has 3 heteroatoms. The summed E-state index contributed by atoms with van der Waals surface area (Å²) in [5.41, 5.74) is 5.44. The normalized spacial score (nSPS) is 10.9. The highest BCUT2D eigenvalue weighted by atomic mass is 16.1. The van der Waals surface area contributed by atoms with Crippen LogP contribution in [-0.2, 0) is 13.6 Å². The molecule has 1 heterocycles. The number of nitrogens with zero attached hydrogens (tertiary/aromatic N) is 1. The van der Waals surface area contributed by atoms with E-state index in [0.717, 1.165) is 36.2 Å². The Morgan fingerprint density at radius 1 is 1.14 bits per heavy atom. The minimum absolute atomic E-state index is 0.0847. The minimum Gasteiger partial charge on any atom is -0.312 e. The van der Waals surface area contributed by atoms with E-state index >= 15 is 0 Å². The Morgan fingerprint density at radius 3 is 2.59 bits per heavy atom. The van der Waals surface area contributed by atoms with Crippen molar-refractivity contribution in [3.63, 3.8) is 0 Å². The summed E-state index contributed by atoms with van der Waals surface area (Å²) >= 11 is 0. The molecule has 0 saturated heterocycles. The average molecular weight is 298 g/mol. The zero-order valence-electron chi connectivity index (χ0n) is 14.1. The molecule has 1 N–H and O–H groups in total. The molecule has 0 spiro atoms. The molecule has 118 valence electrons. The Bertz CT molecular complexity index is 701. The van der Waals surface area contributed by atoms with E-state index in [1.54, 1.807) is 4.57 Å². The van der Waals surface area contributed by atoms with Crippen molar-refractivity contribution in [1.29, 1.82) is 0 Å². The van der Waals surface area contributed by atoms with Crippen molar-refractivity contribution in [3.8, 4) is 11.3 Å². The maximum absolute atomic E-state index is 12.5. The minimum atomic E-state index is 0.0847. The summed E-state index contributed by atoms with van der Waals surface area (Å²) in [6.45, 7) is 7.94. The number of aromatic nitrogens is 1. The lowest BCUT2D eigenvalue weighted by Crippen LogP contribution is -2.26. The van der Waals surface area contributed by atoms with Gasteiger partial charge in [-0.25, -0.2) is 0 Å². The second-order valence-corrected chi connectivity index (χ2v) is 5.96. The third-order valence-electron chi connectivity index (χ3n) is 4.06. The van der Waals surface area contributed by atoms with Crippen molar-refractivity contribution in [2.75, 3.05) is 6.54 Å². The third kappa shape index (κ3) is 3.66. The molecular formula is C19H26N2O. The molecule has 1 aromatic heterocycles. The summed E-state index contributed by atoms with van der Waals surface area (Å²) in [5.74, 6) is 0. The monoisotopic (exact) mass is 298 g/mol. The Hall–Kier alpha value is -1.87. The van der Waals surface area contributed by atoms with Crippen molar-refractivity contribution in [3.05, 3.63) is 57.4 Å². The summed E-state index contributed by atoms with van der Waals surface area (Å²) in [6.07, 6.45) is 2.30. The van der Waals surface area contributed by atoms with Gasteiger partial charge in [-0.1, -0.05) is 43.2 Å². The largest absolute Gasteiger partial charge is 0.312 e. The first-order chi connectivity index (χ1) is 10.5. The van der Waals surface area contributed by atoms with Crippen LogP contribution < -0.4 is 10.9 Å².